The van der Waals surface area contributed by atoms with E-state index >= 15 is 0 Å². The van der Waals surface area contributed by atoms with E-state index in [4.69, 9.17) is 0 Å². The molecule has 1 saturated heterocycles. The first-order valence-electron chi connectivity index (χ1n) is 6.15. The molecule has 1 amide bonds. The number of thiazole rings is 1. The normalized spacial score (nSPS) is 21.7. The number of likely N-dealkylation sites (N-methyl/N-ethyl adjacent to an activating group) is 1. The number of piperazine rings is 1. The molecule has 0 aromatic carbocycles. The van der Waals surface area contributed by atoms with E-state index in [1.165, 1.54) is 0 Å². The summed E-state index contributed by atoms with van der Waals surface area (Å²) in [6.45, 7) is 6.74. The lowest BCUT2D eigenvalue weighted by Crippen LogP contribution is -2.52. The smallest absolute Gasteiger partial charge is 0.246 e. The summed E-state index contributed by atoms with van der Waals surface area (Å²) in [4.78, 5) is 20.6. The molecule has 0 aliphatic carbocycles. The van der Waals surface area contributed by atoms with Gasteiger partial charge in [0.15, 0.2) is 0 Å². The Hall–Kier alpha value is -1.20. The lowest BCUT2D eigenvalue weighted by atomic mass is 10.2. The number of hydrogen-bond donors (Lipinski definition) is 0. The predicted molar refractivity (Wildman–Crippen MR) is 74.6 cm³/mol. The van der Waals surface area contributed by atoms with Crippen LogP contribution in [0, 0.1) is 6.92 Å². The van der Waals surface area contributed by atoms with Gasteiger partial charge in [0.05, 0.1) is 10.7 Å². The number of carbonyl (C=O) groups excluding carboxylic acids is 1. The molecular weight excluding hydrogens is 246 g/mol. The van der Waals surface area contributed by atoms with Crippen LogP contribution < -0.4 is 0 Å². The first-order chi connectivity index (χ1) is 8.56. The highest BCUT2D eigenvalue weighted by Gasteiger charge is 2.23. The van der Waals surface area contributed by atoms with Crippen molar-refractivity contribution in [1.82, 2.24) is 14.8 Å². The standard InChI is InChI=1S/C13H19N3OS/c1-10-8-15(3)6-7-16(10)13(17)5-4-12-9-18-11(2)14-12/h4-5,9-10H,6-8H2,1-3H3. The van der Waals surface area contributed by atoms with Crippen LogP contribution in [0.2, 0.25) is 0 Å². The van der Waals surface area contributed by atoms with Crippen LogP contribution in [0.5, 0.6) is 0 Å². The average molecular weight is 265 g/mol. The number of hydrogen-bond acceptors (Lipinski definition) is 4. The summed E-state index contributed by atoms with van der Waals surface area (Å²) in [6, 6.07) is 0.276. The quantitative estimate of drug-likeness (QED) is 0.763. The van der Waals surface area contributed by atoms with Crippen molar-refractivity contribution in [2.75, 3.05) is 26.7 Å². The van der Waals surface area contributed by atoms with Crippen LogP contribution in [0.15, 0.2) is 11.5 Å². The molecule has 0 saturated carbocycles. The van der Waals surface area contributed by atoms with Gasteiger partial charge in [-0.15, -0.1) is 11.3 Å². The third-order valence-corrected chi connectivity index (χ3v) is 3.94. The highest BCUT2D eigenvalue weighted by Crippen LogP contribution is 2.11. The highest BCUT2D eigenvalue weighted by atomic mass is 32.1. The predicted octanol–water partition coefficient (Wildman–Crippen LogP) is 1.63. The maximum absolute atomic E-state index is 12.1. The lowest BCUT2D eigenvalue weighted by Gasteiger charge is -2.37. The molecule has 1 unspecified atom stereocenters. The Balaban J connectivity index is 1.97. The molecule has 2 heterocycles. The van der Waals surface area contributed by atoms with Crippen molar-refractivity contribution >= 4 is 23.3 Å². The first-order valence-corrected chi connectivity index (χ1v) is 7.03. The fourth-order valence-corrected chi connectivity index (χ4v) is 2.76. The van der Waals surface area contributed by atoms with Gasteiger partial charge in [-0.2, -0.15) is 0 Å². The van der Waals surface area contributed by atoms with Crippen molar-refractivity contribution in [3.8, 4) is 0 Å². The van der Waals surface area contributed by atoms with E-state index < -0.39 is 0 Å². The number of nitrogens with zero attached hydrogens (tertiary/aromatic N) is 3. The first kappa shape index (κ1) is 13.2. The van der Waals surface area contributed by atoms with E-state index in [1.807, 2.05) is 17.2 Å². The van der Waals surface area contributed by atoms with Crippen LogP contribution in [-0.2, 0) is 4.79 Å². The lowest BCUT2D eigenvalue weighted by molar-refractivity contribution is -0.130. The molecule has 1 aromatic rings. The molecule has 18 heavy (non-hydrogen) atoms. The Kier molecular flexibility index (Phi) is 4.14. The van der Waals surface area contributed by atoms with Crippen molar-refractivity contribution < 1.29 is 4.79 Å². The van der Waals surface area contributed by atoms with Crippen molar-refractivity contribution in [2.24, 2.45) is 0 Å². The summed E-state index contributed by atoms with van der Waals surface area (Å²) in [5.74, 6) is 0.0845. The van der Waals surface area contributed by atoms with E-state index in [0.29, 0.717) is 0 Å². The second-order valence-corrected chi connectivity index (χ2v) is 5.83. The van der Waals surface area contributed by atoms with Gasteiger partial charge in [-0.1, -0.05) is 0 Å². The second kappa shape index (κ2) is 5.63. The second-order valence-electron chi connectivity index (χ2n) is 4.77. The Morgan fingerprint density at radius 2 is 2.33 bits per heavy atom. The van der Waals surface area contributed by atoms with Gasteiger partial charge in [-0.05, 0) is 27.0 Å². The van der Waals surface area contributed by atoms with Crippen molar-refractivity contribution in [3.63, 3.8) is 0 Å². The van der Waals surface area contributed by atoms with Gasteiger partial charge in [0, 0.05) is 37.1 Å². The molecule has 0 N–H and O–H groups in total. The fraction of sp³-hybridized carbons (Fsp3) is 0.538. The van der Waals surface area contributed by atoms with Crippen LogP contribution in [-0.4, -0.2) is 53.4 Å². The van der Waals surface area contributed by atoms with Crippen LogP contribution in [0.25, 0.3) is 6.08 Å². The summed E-state index contributed by atoms with van der Waals surface area (Å²) in [7, 11) is 2.09. The molecule has 1 fully saturated rings. The molecule has 0 radical (unpaired) electrons. The van der Waals surface area contributed by atoms with Crippen LogP contribution in [0.4, 0.5) is 0 Å². The molecule has 0 spiro atoms. The zero-order chi connectivity index (χ0) is 13.1. The molecule has 1 atom stereocenters. The molecule has 4 nitrogen and oxygen atoms in total. The molecule has 2 rings (SSSR count). The summed E-state index contributed by atoms with van der Waals surface area (Å²) in [5.41, 5.74) is 0.868. The van der Waals surface area contributed by atoms with Crippen molar-refractivity contribution in [1.29, 1.82) is 0 Å². The van der Waals surface area contributed by atoms with E-state index in [2.05, 4.69) is 23.9 Å². The minimum atomic E-state index is 0.0845. The van der Waals surface area contributed by atoms with Gasteiger partial charge in [0.1, 0.15) is 0 Å². The molecule has 1 aliphatic rings. The van der Waals surface area contributed by atoms with Gasteiger partial charge in [0.25, 0.3) is 0 Å². The third kappa shape index (κ3) is 3.17. The van der Waals surface area contributed by atoms with E-state index in [-0.39, 0.29) is 11.9 Å². The summed E-state index contributed by atoms with van der Waals surface area (Å²) < 4.78 is 0. The van der Waals surface area contributed by atoms with E-state index in [0.717, 1.165) is 30.3 Å². The number of carbonyl (C=O) groups is 1. The third-order valence-electron chi connectivity index (χ3n) is 3.15. The molecular formula is C13H19N3OS. The van der Waals surface area contributed by atoms with E-state index in [9.17, 15) is 4.79 Å². The number of aryl methyl sites for hydroxylation is 1. The minimum Gasteiger partial charge on any atom is -0.334 e. The van der Waals surface area contributed by atoms with Crippen LogP contribution in [0.3, 0.4) is 0 Å². The Morgan fingerprint density at radius 1 is 1.56 bits per heavy atom. The average Bonchev–Trinajstić information content (AvgIpc) is 2.72. The zero-order valence-corrected chi connectivity index (χ0v) is 11.9. The maximum Gasteiger partial charge on any atom is 0.246 e. The molecule has 1 aliphatic heterocycles. The van der Waals surface area contributed by atoms with Gasteiger partial charge in [-0.25, -0.2) is 4.98 Å². The van der Waals surface area contributed by atoms with Gasteiger partial charge < -0.3 is 9.80 Å². The molecule has 0 bridgehead atoms. The monoisotopic (exact) mass is 265 g/mol. The summed E-state index contributed by atoms with van der Waals surface area (Å²) in [5, 5.41) is 2.99. The SMILES string of the molecule is Cc1nc(C=CC(=O)N2CCN(C)CC2C)cs1. The van der Waals surface area contributed by atoms with Gasteiger partial charge in [0.2, 0.25) is 5.91 Å². The van der Waals surface area contributed by atoms with Gasteiger partial charge >= 0.3 is 0 Å². The molecule has 1 aromatic heterocycles. The zero-order valence-electron chi connectivity index (χ0n) is 11.1. The topological polar surface area (TPSA) is 36.4 Å². The van der Waals surface area contributed by atoms with Crippen LogP contribution >= 0.6 is 11.3 Å². The largest absolute Gasteiger partial charge is 0.334 e. The number of amides is 1. The van der Waals surface area contributed by atoms with E-state index in [1.54, 1.807) is 23.5 Å². The van der Waals surface area contributed by atoms with Crippen LogP contribution in [0.1, 0.15) is 17.6 Å². The Labute approximate surface area is 112 Å². The van der Waals surface area contributed by atoms with Crippen molar-refractivity contribution in [2.45, 2.75) is 19.9 Å². The fourth-order valence-electron chi connectivity index (χ4n) is 2.18. The van der Waals surface area contributed by atoms with Gasteiger partial charge in [-0.3, -0.25) is 4.79 Å². The Morgan fingerprint density at radius 3 is 2.94 bits per heavy atom. The summed E-state index contributed by atoms with van der Waals surface area (Å²) in [6.07, 6.45) is 3.44. The maximum atomic E-state index is 12.1. The molecule has 98 valence electrons. The summed E-state index contributed by atoms with van der Waals surface area (Å²) >= 11 is 1.60. The number of aromatic nitrogens is 1. The highest BCUT2D eigenvalue weighted by molar-refractivity contribution is 7.09. The van der Waals surface area contributed by atoms with Crippen molar-refractivity contribution in [3.05, 3.63) is 22.2 Å². The Bertz CT molecular complexity index is 455. The number of rotatable bonds is 2. The molecule has 5 heteroatoms. The minimum absolute atomic E-state index is 0.0845.